The van der Waals surface area contributed by atoms with Crippen LogP contribution in [-0.2, 0) is 6.54 Å². The molecule has 4 nitrogen and oxygen atoms in total. The smallest absolute Gasteiger partial charge is 0.295 e. The predicted molar refractivity (Wildman–Crippen MR) is 82.0 cm³/mol. The van der Waals surface area contributed by atoms with Crippen molar-refractivity contribution in [1.82, 2.24) is 4.98 Å². The largest absolute Gasteiger partial charge is 0.496 e. The number of nitrogens with zero attached hydrogens (tertiary/aromatic N) is 1. The van der Waals surface area contributed by atoms with Crippen LogP contribution < -0.4 is 10.1 Å². The van der Waals surface area contributed by atoms with Crippen molar-refractivity contribution in [3.8, 4) is 5.75 Å². The second kappa shape index (κ2) is 5.54. The van der Waals surface area contributed by atoms with Crippen LogP contribution in [0.15, 0.2) is 51.4 Å². The summed E-state index contributed by atoms with van der Waals surface area (Å²) in [6, 6.07) is 14.1. The molecule has 0 bridgehead atoms. The van der Waals surface area contributed by atoms with E-state index in [1.165, 1.54) is 0 Å². The topological polar surface area (TPSA) is 47.3 Å². The number of benzene rings is 2. The molecule has 3 rings (SSSR count). The normalized spacial score (nSPS) is 10.7. The summed E-state index contributed by atoms with van der Waals surface area (Å²) in [6.07, 6.45) is 0. The summed E-state index contributed by atoms with van der Waals surface area (Å²) in [6.45, 7) is 0.579. The van der Waals surface area contributed by atoms with Gasteiger partial charge in [-0.05, 0) is 30.3 Å². The maximum absolute atomic E-state index is 5.62. The summed E-state index contributed by atoms with van der Waals surface area (Å²) < 4.78 is 12.0. The lowest BCUT2D eigenvalue weighted by molar-refractivity contribution is 0.410. The number of aromatic nitrogens is 1. The minimum absolute atomic E-state index is 0.508. The predicted octanol–water partition coefficient (Wildman–Crippen LogP) is 4.21. The van der Waals surface area contributed by atoms with Gasteiger partial charge in [-0.3, -0.25) is 0 Å². The molecule has 0 saturated carbocycles. The summed E-state index contributed by atoms with van der Waals surface area (Å²) in [4.78, 5) is 4.38. The number of anilines is 1. The first-order valence-corrected chi connectivity index (χ1v) is 6.97. The summed E-state index contributed by atoms with van der Waals surface area (Å²) in [5, 5.41) is 3.17. The van der Waals surface area contributed by atoms with Gasteiger partial charge in [-0.25, -0.2) is 0 Å². The molecule has 0 fully saturated rings. The first-order chi connectivity index (χ1) is 9.76. The SMILES string of the molecule is COc1ccc(Br)cc1CNc1nc2ccccc2o1. The van der Waals surface area contributed by atoms with E-state index in [1.807, 2.05) is 42.5 Å². The van der Waals surface area contributed by atoms with Gasteiger partial charge in [-0.1, -0.05) is 28.1 Å². The van der Waals surface area contributed by atoms with Crippen LogP contribution >= 0.6 is 15.9 Å². The minimum Gasteiger partial charge on any atom is -0.496 e. The highest BCUT2D eigenvalue weighted by Gasteiger charge is 2.07. The molecule has 0 aliphatic rings. The Hall–Kier alpha value is -2.01. The standard InChI is InChI=1S/C15H13BrN2O2/c1-19-13-7-6-11(16)8-10(13)9-17-15-18-12-4-2-3-5-14(12)20-15/h2-8H,9H2,1H3,(H,17,18). The lowest BCUT2D eigenvalue weighted by atomic mass is 10.2. The molecule has 1 N–H and O–H groups in total. The van der Waals surface area contributed by atoms with Crippen LogP contribution in [-0.4, -0.2) is 12.1 Å². The Morgan fingerprint density at radius 1 is 1.25 bits per heavy atom. The van der Waals surface area contributed by atoms with Crippen molar-refractivity contribution in [1.29, 1.82) is 0 Å². The van der Waals surface area contributed by atoms with Crippen molar-refractivity contribution < 1.29 is 9.15 Å². The molecule has 0 spiro atoms. The summed E-state index contributed by atoms with van der Waals surface area (Å²) in [5.74, 6) is 0.830. The third-order valence-electron chi connectivity index (χ3n) is 2.97. The lowest BCUT2D eigenvalue weighted by Crippen LogP contribution is -2.01. The Morgan fingerprint density at radius 3 is 2.90 bits per heavy atom. The van der Waals surface area contributed by atoms with Gasteiger partial charge in [0.2, 0.25) is 0 Å². The van der Waals surface area contributed by atoms with E-state index in [4.69, 9.17) is 9.15 Å². The zero-order valence-electron chi connectivity index (χ0n) is 10.9. The number of rotatable bonds is 4. The van der Waals surface area contributed by atoms with Crippen molar-refractivity contribution in [3.63, 3.8) is 0 Å². The number of oxazole rings is 1. The molecule has 0 radical (unpaired) electrons. The third-order valence-corrected chi connectivity index (χ3v) is 3.46. The molecule has 5 heteroatoms. The maximum Gasteiger partial charge on any atom is 0.295 e. The van der Waals surface area contributed by atoms with Crippen molar-refractivity contribution in [2.24, 2.45) is 0 Å². The van der Waals surface area contributed by atoms with E-state index in [0.29, 0.717) is 12.6 Å². The molecule has 0 unspecified atom stereocenters. The van der Waals surface area contributed by atoms with Gasteiger partial charge in [0.05, 0.1) is 7.11 Å². The van der Waals surface area contributed by atoms with E-state index in [2.05, 4.69) is 26.2 Å². The molecule has 3 aromatic rings. The number of hydrogen-bond acceptors (Lipinski definition) is 4. The Balaban J connectivity index is 1.80. The first-order valence-electron chi connectivity index (χ1n) is 6.18. The monoisotopic (exact) mass is 332 g/mol. The molecule has 20 heavy (non-hydrogen) atoms. The van der Waals surface area contributed by atoms with Gasteiger partial charge in [-0.2, -0.15) is 4.98 Å². The van der Waals surface area contributed by atoms with Gasteiger partial charge < -0.3 is 14.5 Å². The van der Waals surface area contributed by atoms with Gasteiger partial charge in [0.25, 0.3) is 6.01 Å². The molecule has 2 aromatic carbocycles. The first kappa shape index (κ1) is 13.0. The number of halogens is 1. The fraction of sp³-hybridized carbons (Fsp3) is 0.133. The van der Waals surface area contributed by atoms with Crippen molar-refractivity contribution in [2.45, 2.75) is 6.54 Å². The summed E-state index contributed by atoms with van der Waals surface area (Å²) in [7, 11) is 1.66. The van der Waals surface area contributed by atoms with Crippen molar-refractivity contribution >= 4 is 33.0 Å². The van der Waals surface area contributed by atoms with Gasteiger partial charge in [0, 0.05) is 16.6 Å². The third kappa shape index (κ3) is 2.63. The number of nitrogens with one attached hydrogen (secondary N) is 1. The average Bonchev–Trinajstić information content (AvgIpc) is 2.88. The van der Waals surface area contributed by atoms with E-state index in [0.717, 1.165) is 26.9 Å². The quantitative estimate of drug-likeness (QED) is 0.777. The van der Waals surface area contributed by atoms with Crippen LogP contribution in [0, 0.1) is 0 Å². The van der Waals surface area contributed by atoms with Crippen LogP contribution in [0.2, 0.25) is 0 Å². The van der Waals surface area contributed by atoms with Gasteiger partial charge in [0.1, 0.15) is 11.3 Å². The molecule has 0 amide bonds. The minimum atomic E-state index is 0.508. The van der Waals surface area contributed by atoms with Crippen LogP contribution in [0.5, 0.6) is 5.75 Å². The number of para-hydroxylation sites is 2. The zero-order chi connectivity index (χ0) is 13.9. The molecule has 0 saturated heterocycles. The average molecular weight is 333 g/mol. The molecule has 0 atom stereocenters. The molecule has 0 aliphatic carbocycles. The fourth-order valence-corrected chi connectivity index (χ4v) is 2.41. The van der Waals surface area contributed by atoms with Crippen molar-refractivity contribution in [2.75, 3.05) is 12.4 Å². The number of fused-ring (bicyclic) bond motifs is 1. The van der Waals surface area contributed by atoms with Gasteiger partial charge in [0.15, 0.2) is 5.58 Å². The summed E-state index contributed by atoms with van der Waals surface area (Å²) >= 11 is 3.46. The zero-order valence-corrected chi connectivity index (χ0v) is 12.5. The van der Waals surface area contributed by atoms with Crippen LogP contribution in [0.1, 0.15) is 5.56 Å². The Kier molecular flexibility index (Phi) is 3.60. The van der Waals surface area contributed by atoms with Gasteiger partial charge in [-0.15, -0.1) is 0 Å². The Morgan fingerprint density at radius 2 is 2.10 bits per heavy atom. The second-order valence-corrected chi connectivity index (χ2v) is 5.21. The maximum atomic E-state index is 5.62. The van der Waals surface area contributed by atoms with Crippen LogP contribution in [0.25, 0.3) is 11.1 Å². The highest BCUT2D eigenvalue weighted by atomic mass is 79.9. The van der Waals surface area contributed by atoms with E-state index in [-0.39, 0.29) is 0 Å². The fourth-order valence-electron chi connectivity index (χ4n) is 2.00. The molecular formula is C15H13BrN2O2. The highest BCUT2D eigenvalue weighted by molar-refractivity contribution is 9.10. The Labute approximate surface area is 124 Å². The van der Waals surface area contributed by atoms with Gasteiger partial charge >= 0.3 is 0 Å². The van der Waals surface area contributed by atoms with E-state index < -0.39 is 0 Å². The number of methoxy groups -OCH3 is 1. The molecule has 1 aromatic heterocycles. The van der Waals surface area contributed by atoms with Crippen LogP contribution in [0.4, 0.5) is 6.01 Å². The highest BCUT2D eigenvalue weighted by Crippen LogP contribution is 2.24. The molecule has 102 valence electrons. The Bertz CT molecular complexity index is 707. The number of hydrogen-bond donors (Lipinski definition) is 1. The number of ether oxygens (including phenoxy) is 1. The van der Waals surface area contributed by atoms with Crippen molar-refractivity contribution in [3.05, 3.63) is 52.5 Å². The summed E-state index contributed by atoms with van der Waals surface area (Å²) in [5.41, 5.74) is 2.65. The molecule has 0 aliphatic heterocycles. The molecule has 1 heterocycles. The lowest BCUT2D eigenvalue weighted by Gasteiger charge is -2.08. The van der Waals surface area contributed by atoms with E-state index in [9.17, 15) is 0 Å². The van der Waals surface area contributed by atoms with E-state index in [1.54, 1.807) is 7.11 Å². The van der Waals surface area contributed by atoms with Crippen LogP contribution in [0.3, 0.4) is 0 Å². The molecular weight excluding hydrogens is 320 g/mol. The second-order valence-electron chi connectivity index (χ2n) is 4.30. The van der Waals surface area contributed by atoms with E-state index >= 15 is 0 Å².